The third kappa shape index (κ3) is 6.57. The molecule has 2 aromatic carbocycles. The first-order valence-corrected chi connectivity index (χ1v) is 12.9. The van der Waals surface area contributed by atoms with Crippen LogP contribution in [0.15, 0.2) is 65.6 Å². The van der Waals surface area contributed by atoms with Crippen LogP contribution in [0.3, 0.4) is 0 Å². The molecule has 35 heavy (non-hydrogen) atoms. The Bertz CT molecular complexity index is 1130. The molecular weight excluding hydrogens is 516 g/mol. The number of hydrogen-bond acceptors (Lipinski definition) is 3. The summed E-state index contributed by atoms with van der Waals surface area (Å²) in [5.74, 6) is -0.620. The van der Waals surface area contributed by atoms with E-state index in [0.29, 0.717) is 36.1 Å². The fourth-order valence-electron chi connectivity index (χ4n) is 4.55. The largest absolute Gasteiger partial charge is 0.446 e. The van der Waals surface area contributed by atoms with Gasteiger partial charge in [-0.2, -0.15) is 13.2 Å². The van der Waals surface area contributed by atoms with Crippen LogP contribution < -0.4 is 4.90 Å². The van der Waals surface area contributed by atoms with Gasteiger partial charge in [-0.25, -0.2) is 0 Å². The molecule has 3 nitrogen and oxygen atoms in total. The lowest BCUT2D eigenvalue weighted by Crippen LogP contribution is -2.51. The predicted molar refractivity (Wildman–Crippen MR) is 138 cm³/mol. The molecule has 0 saturated carbocycles. The minimum atomic E-state index is -4.38. The molecule has 2 aromatic rings. The number of anilines is 1. The first-order valence-electron chi connectivity index (χ1n) is 11.3. The van der Waals surface area contributed by atoms with Crippen LogP contribution in [-0.2, 0) is 4.79 Å². The first kappa shape index (κ1) is 26.0. The van der Waals surface area contributed by atoms with E-state index in [9.17, 15) is 18.0 Å². The molecule has 186 valence electrons. The number of alkyl halides is 3. The Morgan fingerprint density at radius 1 is 1.11 bits per heavy atom. The fourth-order valence-corrected chi connectivity index (χ4v) is 5.78. The van der Waals surface area contributed by atoms with E-state index < -0.39 is 11.4 Å². The Hall–Kier alpha value is -2.09. The van der Waals surface area contributed by atoms with Crippen molar-refractivity contribution in [2.24, 2.45) is 5.92 Å². The van der Waals surface area contributed by atoms with Gasteiger partial charge in [0.05, 0.1) is 16.8 Å². The van der Waals surface area contributed by atoms with Crippen LogP contribution in [0, 0.1) is 12.8 Å². The Morgan fingerprint density at radius 2 is 1.86 bits per heavy atom. The molecule has 2 unspecified atom stereocenters. The first-order chi connectivity index (χ1) is 16.6. The van der Waals surface area contributed by atoms with E-state index in [4.69, 9.17) is 23.2 Å². The van der Waals surface area contributed by atoms with E-state index in [1.807, 2.05) is 55.5 Å². The highest BCUT2D eigenvalue weighted by Gasteiger charge is 2.36. The van der Waals surface area contributed by atoms with Crippen LogP contribution in [-0.4, -0.2) is 35.9 Å². The number of halogens is 5. The molecule has 0 radical (unpaired) electrons. The van der Waals surface area contributed by atoms with Crippen LogP contribution in [0.5, 0.6) is 0 Å². The average Bonchev–Trinajstić information content (AvgIpc) is 2.80. The molecule has 0 bridgehead atoms. The Balaban J connectivity index is 1.54. The summed E-state index contributed by atoms with van der Waals surface area (Å²) in [6.45, 7) is 3.38. The average molecular weight is 541 g/mol. The van der Waals surface area contributed by atoms with Crippen molar-refractivity contribution in [2.75, 3.05) is 24.5 Å². The maximum Gasteiger partial charge on any atom is 0.446 e. The third-order valence-corrected chi connectivity index (χ3v) is 7.77. The highest BCUT2D eigenvalue weighted by atomic mass is 35.5. The summed E-state index contributed by atoms with van der Waals surface area (Å²) < 4.78 is 39.0. The SMILES string of the molecule is Cc1ccc(N2CCN(C(=O)CC3CC=CC=C3SC(F)(F)F)CC2c2ccc(Cl)cc2)c(Cl)c1. The number of amides is 1. The minimum Gasteiger partial charge on any atom is -0.360 e. The second-order valence-corrected chi connectivity index (χ2v) is 10.7. The van der Waals surface area contributed by atoms with E-state index >= 15 is 0 Å². The van der Waals surface area contributed by atoms with Crippen molar-refractivity contribution >= 4 is 46.6 Å². The number of thioether (sulfide) groups is 1. The molecule has 1 amide bonds. The zero-order chi connectivity index (χ0) is 25.2. The van der Waals surface area contributed by atoms with Gasteiger partial charge in [-0.3, -0.25) is 4.79 Å². The van der Waals surface area contributed by atoms with Gasteiger partial charge in [-0.15, -0.1) is 0 Å². The van der Waals surface area contributed by atoms with Gasteiger partial charge in [0, 0.05) is 37.0 Å². The van der Waals surface area contributed by atoms with Gasteiger partial charge in [0.25, 0.3) is 0 Å². The monoisotopic (exact) mass is 540 g/mol. The number of piperazine rings is 1. The van der Waals surface area contributed by atoms with Gasteiger partial charge in [-0.05, 0) is 65.4 Å². The van der Waals surface area contributed by atoms with Crippen LogP contribution in [0.1, 0.15) is 30.0 Å². The molecule has 4 rings (SSSR count). The standard InChI is InChI=1S/C26H25Cl2F3N2OS/c1-17-6-11-22(21(28)14-17)33-13-12-32(16-23(33)18-7-9-20(27)10-8-18)25(34)15-19-4-2-3-5-24(19)35-26(29,30)31/h2-3,5-11,14,19,23H,4,12-13,15-16H2,1H3. The Kier molecular flexibility index (Phi) is 8.09. The Labute approximate surface area is 217 Å². The number of rotatable bonds is 5. The summed E-state index contributed by atoms with van der Waals surface area (Å²) in [5.41, 5.74) is -1.46. The smallest absolute Gasteiger partial charge is 0.360 e. The third-order valence-electron chi connectivity index (χ3n) is 6.27. The van der Waals surface area contributed by atoms with Gasteiger partial charge >= 0.3 is 5.51 Å². The lowest BCUT2D eigenvalue weighted by Gasteiger charge is -2.44. The molecule has 1 fully saturated rings. The van der Waals surface area contributed by atoms with Crippen LogP contribution in [0.25, 0.3) is 0 Å². The predicted octanol–water partition coefficient (Wildman–Crippen LogP) is 7.79. The summed E-state index contributed by atoms with van der Waals surface area (Å²) in [6, 6.07) is 13.2. The number of nitrogens with zero attached hydrogens (tertiary/aromatic N) is 2. The van der Waals surface area contributed by atoms with E-state index in [1.165, 1.54) is 6.08 Å². The van der Waals surface area contributed by atoms with E-state index in [1.54, 1.807) is 11.0 Å². The lowest BCUT2D eigenvalue weighted by atomic mass is 9.95. The molecule has 0 N–H and O–H groups in total. The van der Waals surface area contributed by atoms with Crippen LogP contribution in [0.4, 0.5) is 18.9 Å². The quantitative estimate of drug-likeness (QED) is 0.386. The van der Waals surface area contributed by atoms with Crippen molar-refractivity contribution in [3.63, 3.8) is 0 Å². The van der Waals surface area contributed by atoms with Crippen molar-refractivity contribution in [1.82, 2.24) is 4.90 Å². The van der Waals surface area contributed by atoms with Gasteiger partial charge < -0.3 is 9.80 Å². The minimum absolute atomic E-state index is 0.0396. The molecule has 2 aliphatic rings. The molecule has 0 spiro atoms. The highest BCUT2D eigenvalue weighted by molar-refractivity contribution is 8.03. The van der Waals surface area contributed by atoms with Crippen molar-refractivity contribution in [2.45, 2.75) is 31.3 Å². The van der Waals surface area contributed by atoms with Gasteiger partial charge in [-0.1, -0.05) is 59.6 Å². The normalized spacial score (nSPS) is 20.7. The van der Waals surface area contributed by atoms with E-state index in [-0.39, 0.29) is 35.0 Å². The maximum atomic E-state index is 13.3. The van der Waals surface area contributed by atoms with Crippen LogP contribution >= 0.6 is 35.0 Å². The van der Waals surface area contributed by atoms with Crippen molar-refractivity contribution in [1.29, 1.82) is 0 Å². The number of allylic oxidation sites excluding steroid dienone is 4. The molecule has 9 heteroatoms. The molecular formula is C26H25Cl2F3N2OS. The highest BCUT2D eigenvalue weighted by Crippen LogP contribution is 2.43. The van der Waals surface area contributed by atoms with Crippen LogP contribution in [0.2, 0.25) is 10.0 Å². The number of carbonyl (C=O) groups excluding carboxylic acids is 1. The summed E-state index contributed by atoms with van der Waals surface area (Å²) in [5, 5.41) is 1.25. The molecule has 1 aliphatic heterocycles. The number of carbonyl (C=O) groups is 1. The van der Waals surface area contributed by atoms with Crippen molar-refractivity contribution < 1.29 is 18.0 Å². The van der Waals surface area contributed by atoms with Crippen molar-refractivity contribution in [3.05, 3.63) is 86.8 Å². The molecule has 1 saturated heterocycles. The van der Waals surface area contributed by atoms with Gasteiger partial charge in [0.15, 0.2) is 0 Å². The summed E-state index contributed by atoms with van der Waals surface area (Å²) in [4.78, 5) is 17.4. The zero-order valence-corrected chi connectivity index (χ0v) is 21.4. The molecule has 2 atom stereocenters. The number of aryl methyl sites for hydroxylation is 1. The molecule has 0 aromatic heterocycles. The van der Waals surface area contributed by atoms with E-state index in [0.717, 1.165) is 16.8 Å². The number of hydrogen-bond donors (Lipinski definition) is 0. The van der Waals surface area contributed by atoms with E-state index in [2.05, 4.69) is 4.90 Å². The zero-order valence-electron chi connectivity index (χ0n) is 19.1. The van der Waals surface area contributed by atoms with Gasteiger partial charge in [0.1, 0.15) is 0 Å². The fraction of sp³-hybridized carbons (Fsp3) is 0.346. The summed E-state index contributed by atoms with van der Waals surface area (Å²) in [6.07, 6.45) is 5.35. The maximum absolute atomic E-state index is 13.3. The second-order valence-electron chi connectivity index (χ2n) is 8.74. The lowest BCUT2D eigenvalue weighted by molar-refractivity contribution is -0.132. The summed E-state index contributed by atoms with van der Waals surface area (Å²) >= 11 is 12.6. The second kappa shape index (κ2) is 10.9. The molecule has 1 aliphatic carbocycles. The Morgan fingerprint density at radius 3 is 2.54 bits per heavy atom. The number of benzene rings is 2. The van der Waals surface area contributed by atoms with Crippen molar-refractivity contribution in [3.8, 4) is 0 Å². The van der Waals surface area contributed by atoms with Gasteiger partial charge in [0.2, 0.25) is 5.91 Å². The molecule has 1 heterocycles. The topological polar surface area (TPSA) is 23.6 Å². The summed E-state index contributed by atoms with van der Waals surface area (Å²) in [7, 11) is 0.